The Kier molecular flexibility index (Phi) is 11.6. The molecule has 0 aliphatic rings. The summed E-state index contributed by atoms with van der Waals surface area (Å²) in [5.41, 5.74) is 2.59. The van der Waals surface area contributed by atoms with Gasteiger partial charge in [-0.15, -0.1) is 0 Å². The molecule has 0 fully saturated rings. The van der Waals surface area contributed by atoms with E-state index in [1.807, 2.05) is 49.4 Å². The molecule has 44 heavy (non-hydrogen) atoms. The van der Waals surface area contributed by atoms with Crippen molar-refractivity contribution in [2.45, 2.75) is 50.6 Å². The molecule has 1 N–H and O–H groups in total. The van der Waals surface area contributed by atoms with Crippen LogP contribution in [0.25, 0.3) is 0 Å². The molecule has 0 aromatic heterocycles. The number of hydrogen-bond donors (Lipinski definition) is 1. The maximum Gasteiger partial charge on any atom is 0.264 e. The van der Waals surface area contributed by atoms with E-state index in [9.17, 15) is 18.0 Å². The average molecular weight is 632 g/mol. The Bertz CT molecular complexity index is 1650. The summed E-state index contributed by atoms with van der Waals surface area (Å²) in [6, 6.07) is 30.8. The second-order valence-corrected chi connectivity index (χ2v) is 12.8. The van der Waals surface area contributed by atoms with Crippen molar-refractivity contribution < 1.29 is 18.0 Å². The van der Waals surface area contributed by atoms with Gasteiger partial charge < -0.3 is 10.2 Å². The van der Waals surface area contributed by atoms with Crippen molar-refractivity contribution in [3.05, 3.63) is 131 Å². The van der Waals surface area contributed by atoms with Gasteiger partial charge >= 0.3 is 0 Å². The summed E-state index contributed by atoms with van der Waals surface area (Å²) >= 11 is 6.55. The molecule has 9 heteroatoms. The number of halogens is 1. The molecule has 1 atom stereocenters. The first-order chi connectivity index (χ1) is 21.2. The summed E-state index contributed by atoms with van der Waals surface area (Å²) in [7, 11) is -4.15. The summed E-state index contributed by atoms with van der Waals surface area (Å²) < 4.78 is 29.3. The largest absolute Gasteiger partial charge is 0.354 e. The first-order valence-electron chi connectivity index (χ1n) is 14.7. The van der Waals surface area contributed by atoms with Gasteiger partial charge in [0.05, 0.1) is 10.6 Å². The number of aryl methyl sites for hydroxylation is 1. The molecule has 4 rings (SSSR count). The summed E-state index contributed by atoms with van der Waals surface area (Å²) in [6.07, 6.45) is 1.93. The Balaban J connectivity index is 1.80. The molecule has 0 aliphatic carbocycles. The van der Waals surface area contributed by atoms with E-state index < -0.39 is 28.5 Å². The Morgan fingerprint density at radius 1 is 0.841 bits per heavy atom. The van der Waals surface area contributed by atoms with Gasteiger partial charge in [-0.05, 0) is 54.3 Å². The highest BCUT2D eigenvalue weighted by Gasteiger charge is 2.35. The zero-order chi connectivity index (χ0) is 31.5. The number of carbonyl (C=O) groups excluding carboxylic acids is 2. The van der Waals surface area contributed by atoms with Crippen LogP contribution in [0.2, 0.25) is 5.02 Å². The maximum absolute atomic E-state index is 14.5. The molecule has 0 radical (unpaired) electrons. The molecule has 0 spiro atoms. The van der Waals surface area contributed by atoms with Crippen molar-refractivity contribution in [1.82, 2.24) is 10.2 Å². The lowest BCUT2D eigenvalue weighted by Crippen LogP contribution is -2.53. The normalized spacial score (nSPS) is 11.9. The highest BCUT2D eigenvalue weighted by atomic mass is 35.5. The highest BCUT2D eigenvalue weighted by Crippen LogP contribution is 2.28. The third kappa shape index (κ3) is 8.27. The van der Waals surface area contributed by atoms with E-state index in [1.165, 1.54) is 17.0 Å². The lowest BCUT2D eigenvalue weighted by atomic mass is 10.0. The van der Waals surface area contributed by atoms with Crippen LogP contribution in [0, 0.1) is 6.92 Å². The number of hydrogen-bond acceptors (Lipinski definition) is 4. The molecular formula is C35H38ClN3O4S. The lowest BCUT2D eigenvalue weighted by molar-refractivity contribution is -0.140. The fraction of sp³-hybridized carbons (Fsp3) is 0.257. The zero-order valence-corrected chi connectivity index (χ0v) is 26.6. The second kappa shape index (κ2) is 15.5. The van der Waals surface area contributed by atoms with Crippen molar-refractivity contribution in [1.29, 1.82) is 0 Å². The molecule has 0 aliphatic heterocycles. The van der Waals surface area contributed by atoms with Crippen LogP contribution in [0.1, 0.15) is 36.5 Å². The number of para-hydroxylation sites is 1. The number of amides is 2. The van der Waals surface area contributed by atoms with Gasteiger partial charge in [0.1, 0.15) is 12.6 Å². The van der Waals surface area contributed by atoms with E-state index in [1.54, 1.807) is 61.5 Å². The summed E-state index contributed by atoms with van der Waals surface area (Å²) in [5, 5.41) is 3.44. The molecule has 2 amide bonds. The van der Waals surface area contributed by atoms with E-state index in [2.05, 4.69) is 5.32 Å². The van der Waals surface area contributed by atoms with Crippen molar-refractivity contribution in [2.75, 3.05) is 17.4 Å². The van der Waals surface area contributed by atoms with Crippen LogP contribution < -0.4 is 9.62 Å². The van der Waals surface area contributed by atoms with Crippen molar-refractivity contribution in [3.63, 3.8) is 0 Å². The maximum atomic E-state index is 14.5. The van der Waals surface area contributed by atoms with Crippen LogP contribution in [0.5, 0.6) is 0 Å². The van der Waals surface area contributed by atoms with Crippen LogP contribution >= 0.6 is 11.6 Å². The molecule has 230 valence electrons. The first-order valence-corrected chi connectivity index (χ1v) is 16.5. The molecule has 4 aromatic rings. The SMILES string of the molecule is CCCCNC(=O)[C@H](Cc1ccccc1)N(Cc1ccccc1Cl)C(=O)CN(c1ccccc1C)S(=O)(=O)c1ccccc1. The van der Waals surface area contributed by atoms with Gasteiger partial charge in [0, 0.05) is 24.5 Å². The lowest BCUT2D eigenvalue weighted by Gasteiger charge is -2.34. The third-order valence-electron chi connectivity index (χ3n) is 7.39. The van der Waals surface area contributed by atoms with E-state index >= 15 is 0 Å². The fourth-order valence-electron chi connectivity index (χ4n) is 4.95. The van der Waals surface area contributed by atoms with E-state index in [0.29, 0.717) is 28.4 Å². The number of anilines is 1. The van der Waals surface area contributed by atoms with Crippen molar-refractivity contribution in [2.24, 2.45) is 0 Å². The number of unbranched alkanes of at least 4 members (excludes halogenated alkanes) is 1. The van der Waals surface area contributed by atoms with Crippen LogP contribution in [-0.2, 0) is 32.6 Å². The molecular weight excluding hydrogens is 594 g/mol. The standard InChI is InChI=1S/C35H38ClN3O4S/c1-3-4-23-37-35(41)33(24-28-16-7-5-8-17-28)38(25-29-18-12-13-21-31(29)36)34(40)26-39(32-22-14-11-15-27(32)2)44(42,43)30-19-9-6-10-20-30/h5-22,33H,3-4,23-26H2,1-2H3,(H,37,41)/t33-/m0/s1. The predicted octanol–water partition coefficient (Wildman–Crippen LogP) is 6.40. The molecule has 7 nitrogen and oxygen atoms in total. The average Bonchev–Trinajstić information content (AvgIpc) is 3.03. The monoisotopic (exact) mass is 631 g/mol. The smallest absolute Gasteiger partial charge is 0.264 e. The van der Waals surface area contributed by atoms with Crippen LogP contribution in [-0.4, -0.2) is 44.3 Å². The quantitative estimate of drug-likeness (QED) is 0.163. The summed E-state index contributed by atoms with van der Waals surface area (Å²) in [5.74, 6) is -0.838. The van der Waals surface area contributed by atoms with Crippen LogP contribution in [0.4, 0.5) is 5.69 Å². The van der Waals surface area contributed by atoms with Gasteiger partial charge in [-0.25, -0.2) is 8.42 Å². The first kappa shape index (κ1) is 32.8. The molecule has 0 saturated carbocycles. The van der Waals surface area contributed by atoms with E-state index in [4.69, 9.17) is 11.6 Å². The third-order valence-corrected chi connectivity index (χ3v) is 9.54. The van der Waals surface area contributed by atoms with Crippen molar-refractivity contribution >= 4 is 39.1 Å². The summed E-state index contributed by atoms with van der Waals surface area (Å²) in [6.45, 7) is 3.80. The van der Waals surface area contributed by atoms with Gasteiger partial charge in [0.2, 0.25) is 11.8 Å². The van der Waals surface area contributed by atoms with E-state index in [0.717, 1.165) is 22.7 Å². The zero-order valence-electron chi connectivity index (χ0n) is 25.0. The minimum Gasteiger partial charge on any atom is -0.354 e. The molecule has 0 heterocycles. The Morgan fingerprint density at radius 3 is 2.11 bits per heavy atom. The van der Waals surface area contributed by atoms with Crippen LogP contribution in [0.15, 0.2) is 114 Å². The summed E-state index contributed by atoms with van der Waals surface area (Å²) in [4.78, 5) is 29.8. The van der Waals surface area contributed by atoms with Gasteiger partial charge in [-0.3, -0.25) is 13.9 Å². The second-order valence-electron chi connectivity index (χ2n) is 10.6. The molecule has 0 saturated heterocycles. The number of nitrogens with zero attached hydrogens (tertiary/aromatic N) is 2. The number of rotatable bonds is 14. The Morgan fingerprint density at radius 2 is 1.45 bits per heavy atom. The minimum atomic E-state index is -4.15. The number of nitrogens with one attached hydrogen (secondary N) is 1. The molecule has 0 bridgehead atoms. The minimum absolute atomic E-state index is 0.0181. The topological polar surface area (TPSA) is 86.8 Å². The number of sulfonamides is 1. The van der Waals surface area contributed by atoms with Crippen LogP contribution in [0.3, 0.4) is 0 Å². The molecule has 4 aromatic carbocycles. The fourth-order valence-corrected chi connectivity index (χ4v) is 6.64. The molecule has 0 unspecified atom stereocenters. The van der Waals surface area contributed by atoms with E-state index in [-0.39, 0.29) is 23.8 Å². The predicted molar refractivity (Wildman–Crippen MR) is 176 cm³/mol. The van der Waals surface area contributed by atoms with Gasteiger partial charge in [0.15, 0.2) is 0 Å². The van der Waals surface area contributed by atoms with Gasteiger partial charge in [-0.2, -0.15) is 0 Å². The highest BCUT2D eigenvalue weighted by molar-refractivity contribution is 7.92. The van der Waals surface area contributed by atoms with Gasteiger partial charge in [-0.1, -0.05) is 110 Å². The number of carbonyl (C=O) groups is 2. The van der Waals surface area contributed by atoms with Gasteiger partial charge in [0.25, 0.3) is 10.0 Å². The van der Waals surface area contributed by atoms with Crippen molar-refractivity contribution in [3.8, 4) is 0 Å². The number of benzene rings is 4. The Hall–Kier alpha value is -4.14. The Labute approximate surface area is 265 Å².